The zero-order valence-electron chi connectivity index (χ0n) is 7.76. The molecule has 0 aromatic heterocycles. The van der Waals surface area contributed by atoms with E-state index in [2.05, 4.69) is 0 Å². The van der Waals surface area contributed by atoms with Crippen LogP contribution >= 0.6 is 0 Å². The molecule has 6 nitrogen and oxygen atoms in total. The summed E-state index contributed by atoms with van der Waals surface area (Å²) in [5.41, 5.74) is -0.474. The summed E-state index contributed by atoms with van der Waals surface area (Å²) in [5, 5.41) is 19.2. The minimum absolute atomic E-state index is 0.0643. The minimum atomic E-state index is -1.36. The maximum absolute atomic E-state index is 10.7. The second-order valence-electron chi connectivity index (χ2n) is 2.91. The molecule has 1 aromatic rings. The second-order valence-corrected chi connectivity index (χ2v) is 2.91. The lowest BCUT2D eigenvalue weighted by Crippen LogP contribution is -2.04. The van der Waals surface area contributed by atoms with Crippen molar-refractivity contribution < 1.29 is 19.6 Å². The lowest BCUT2D eigenvalue weighted by molar-refractivity contribution is -0.385. The van der Waals surface area contributed by atoms with E-state index in [1.54, 1.807) is 0 Å². The molecule has 1 N–H and O–H groups in total. The summed E-state index contributed by atoms with van der Waals surface area (Å²) in [5.74, 6) is -1.36. The molecule has 6 heteroatoms. The molecule has 0 radical (unpaired) electrons. The Kier molecular flexibility index (Phi) is 2.80. The van der Waals surface area contributed by atoms with Crippen LogP contribution in [-0.4, -0.2) is 22.3 Å². The van der Waals surface area contributed by atoms with E-state index in [4.69, 9.17) is 5.11 Å². The van der Waals surface area contributed by atoms with Gasteiger partial charge in [0, 0.05) is 17.2 Å². The molecule has 0 atom stereocenters. The fourth-order valence-corrected chi connectivity index (χ4v) is 1.20. The van der Waals surface area contributed by atoms with Gasteiger partial charge >= 0.3 is 5.97 Å². The number of hydrogen-bond acceptors (Lipinski definition) is 4. The van der Waals surface area contributed by atoms with Crippen molar-refractivity contribution in [1.29, 1.82) is 0 Å². The van der Waals surface area contributed by atoms with Crippen LogP contribution in [0.15, 0.2) is 12.1 Å². The summed E-state index contributed by atoms with van der Waals surface area (Å²) in [6.07, 6.45) is 0.361. The van der Waals surface area contributed by atoms with Crippen molar-refractivity contribution in [3.8, 4) is 0 Å². The summed E-state index contributed by atoms with van der Waals surface area (Å²) < 4.78 is 0. The quantitative estimate of drug-likeness (QED) is 0.461. The molecule has 0 unspecified atom stereocenters. The number of aromatic carboxylic acids is 1. The molecule has 78 valence electrons. The van der Waals surface area contributed by atoms with Gasteiger partial charge in [0.25, 0.3) is 5.69 Å². The maximum Gasteiger partial charge on any atom is 0.336 e. The maximum atomic E-state index is 10.7. The molecular weight excluding hydrogens is 202 g/mol. The largest absolute Gasteiger partial charge is 0.478 e. The summed E-state index contributed by atoms with van der Waals surface area (Å²) >= 11 is 0. The van der Waals surface area contributed by atoms with E-state index < -0.39 is 10.9 Å². The third-order valence-corrected chi connectivity index (χ3v) is 1.92. The Hall–Kier alpha value is -2.24. The third kappa shape index (κ3) is 1.98. The number of carbonyl (C=O) groups excluding carboxylic acids is 1. The molecule has 0 heterocycles. The Morgan fingerprint density at radius 1 is 1.53 bits per heavy atom. The van der Waals surface area contributed by atoms with E-state index in [0.717, 1.165) is 6.07 Å². The highest BCUT2D eigenvalue weighted by Crippen LogP contribution is 2.22. The van der Waals surface area contributed by atoms with Crippen LogP contribution in [0.25, 0.3) is 0 Å². The number of nitrogens with zero attached hydrogens (tertiary/aromatic N) is 1. The first-order chi connectivity index (χ1) is 6.97. The molecule has 0 saturated carbocycles. The normalized spacial score (nSPS) is 9.67. The predicted octanol–water partition coefficient (Wildman–Crippen LogP) is 1.41. The first-order valence-electron chi connectivity index (χ1n) is 3.95. The van der Waals surface area contributed by atoms with E-state index in [1.165, 1.54) is 13.0 Å². The van der Waals surface area contributed by atoms with Crippen LogP contribution in [0.1, 0.15) is 26.3 Å². The van der Waals surface area contributed by atoms with Gasteiger partial charge in [0.2, 0.25) is 0 Å². The summed E-state index contributed by atoms with van der Waals surface area (Å²) in [7, 11) is 0. The fraction of sp³-hybridized carbons (Fsp3) is 0.111. The summed E-state index contributed by atoms with van der Waals surface area (Å²) in [4.78, 5) is 31.1. The van der Waals surface area contributed by atoms with Crippen molar-refractivity contribution in [3.05, 3.63) is 38.9 Å². The number of carboxylic acid groups (broad SMARTS) is 1. The van der Waals surface area contributed by atoms with Gasteiger partial charge < -0.3 is 5.11 Å². The molecule has 0 bridgehead atoms. The standard InChI is InChI=1S/C9H7NO5/c1-5-2-6(4-11)7(9(12)13)3-8(5)10(14)15/h2-4H,1H3,(H,12,13). The summed E-state index contributed by atoms with van der Waals surface area (Å²) in [6, 6.07) is 2.08. The second kappa shape index (κ2) is 3.87. The number of rotatable bonds is 3. The van der Waals surface area contributed by atoms with Gasteiger partial charge in [0.1, 0.15) is 0 Å². The zero-order valence-corrected chi connectivity index (χ0v) is 7.76. The fourth-order valence-electron chi connectivity index (χ4n) is 1.20. The Labute approximate surface area is 84.3 Å². The average molecular weight is 209 g/mol. The van der Waals surface area contributed by atoms with Crippen LogP contribution in [0.2, 0.25) is 0 Å². The van der Waals surface area contributed by atoms with Gasteiger partial charge in [-0.15, -0.1) is 0 Å². The van der Waals surface area contributed by atoms with Gasteiger partial charge in [-0.3, -0.25) is 14.9 Å². The van der Waals surface area contributed by atoms with Crippen LogP contribution in [0.3, 0.4) is 0 Å². The number of nitro benzene ring substituents is 1. The van der Waals surface area contributed by atoms with E-state index in [1.807, 2.05) is 0 Å². The van der Waals surface area contributed by atoms with Crippen molar-refractivity contribution >= 4 is 17.9 Å². The lowest BCUT2D eigenvalue weighted by atomic mass is 10.0. The van der Waals surface area contributed by atoms with Gasteiger partial charge in [0.05, 0.1) is 10.5 Å². The number of benzene rings is 1. The molecule has 0 amide bonds. The van der Waals surface area contributed by atoms with Crippen LogP contribution in [0, 0.1) is 17.0 Å². The first kappa shape index (κ1) is 10.8. The van der Waals surface area contributed by atoms with Crippen molar-refractivity contribution in [2.45, 2.75) is 6.92 Å². The van der Waals surface area contributed by atoms with Gasteiger partial charge in [-0.25, -0.2) is 4.79 Å². The monoisotopic (exact) mass is 209 g/mol. The SMILES string of the molecule is Cc1cc(C=O)c(C(=O)O)cc1[N+](=O)[O-]. The molecule has 0 aliphatic carbocycles. The highest BCUT2D eigenvalue weighted by atomic mass is 16.6. The van der Waals surface area contributed by atoms with Gasteiger partial charge in [0.15, 0.2) is 6.29 Å². The van der Waals surface area contributed by atoms with E-state index in [0.29, 0.717) is 6.29 Å². The molecule has 1 aromatic carbocycles. The summed E-state index contributed by atoms with van der Waals surface area (Å²) in [6.45, 7) is 1.44. The first-order valence-corrected chi connectivity index (χ1v) is 3.95. The van der Waals surface area contributed by atoms with Crippen molar-refractivity contribution in [3.63, 3.8) is 0 Å². The molecule has 0 aliphatic heterocycles. The number of carboxylic acids is 1. The van der Waals surface area contributed by atoms with Crippen molar-refractivity contribution in [1.82, 2.24) is 0 Å². The molecule has 0 fully saturated rings. The van der Waals surface area contributed by atoms with E-state index in [9.17, 15) is 19.7 Å². The Bertz CT molecular complexity index is 452. The third-order valence-electron chi connectivity index (χ3n) is 1.92. The topological polar surface area (TPSA) is 97.5 Å². The Morgan fingerprint density at radius 3 is 2.53 bits per heavy atom. The van der Waals surface area contributed by atoms with Gasteiger partial charge in [-0.1, -0.05) is 0 Å². The molecule has 0 spiro atoms. The Balaban J connectivity index is 3.50. The van der Waals surface area contributed by atoms with Crippen LogP contribution in [0.5, 0.6) is 0 Å². The Morgan fingerprint density at radius 2 is 2.13 bits per heavy atom. The number of nitro groups is 1. The zero-order chi connectivity index (χ0) is 11.6. The number of carbonyl (C=O) groups is 2. The van der Waals surface area contributed by atoms with Crippen molar-refractivity contribution in [2.24, 2.45) is 0 Å². The highest BCUT2D eigenvalue weighted by molar-refractivity contribution is 5.98. The van der Waals surface area contributed by atoms with Gasteiger partial charge in [-0.2, -0.15) is 0 Å². The highest BCUT2D eigenvalue weighted by Gasteiger charge is 2.18. The predicted molar refractivity (Wildman–Crippen MR) is 50.2 cm³/mol. The van der Waals surface area contributed by atoms with Crippen LogP contribution in [-0.2, 0) is 0 Å². The van der Waals surface area contributed by atoms with E-state index in [-0.39, 0.29) is 22.4 Å². The number of aryl methyl sites for hydroxylation is 1. The number of aldehydes is 1. The van der Waals surface area contributed by atoms with Crippen LogP contribution < -0.4 is 0 Å². The molecular formula is C9H7NO5. The molecule has 1 rings (SSSR count). The lowest BCUT2D eigenvalue weighted by Gasteiger charge is -2.02. The minimum Gasteiger partial charge on any atom is -0.478 e. The number of hydrogen-bond donors (Lipinski definition) is 1. The van der Waals surface area contributed by atoms with Crippen molar-refractivity contribution in [2.75, 3.05) is 0 Å². The molecule has 0 saturated heterocycles. The smallest absolute Gasteiger partial charge is 0.336 e. The average Bonchev–Trinajstić information content (AvgIpc) is 2.16. The molecule has 0 aliphatic rings. The van der Waals surface area contributed by atoms with E-state index >= 15 is 0 Å². The molecule has 15 heavy (non-hydrogen) atoms. The van der Waals surface area contributed by atoms with Gasteiger partial charge in [-0.05, 0) is 13.0 Å². The van der Waals surface area contributed by atoms with Crippen LogP contribution in [0.4, 0.5) is 5.69 Å².